The Morgan fingerprint density at radius 2 is 1.15 bits per heavy atom. The molecule has 0 atom stereocenters. The smallest absolute Gasteiger partial charge is 0.195 e. The fourth-order valence-electron chi connectivity index (χ4n) is 4.16. The molecule has 0 aliphatic carbocycles. The van der Waals surface area contributed by atoms with Crippen molar-refractivity contribution in [3.63, 3.8) is 0 Å². The van der Waals surface area contributed by atoms with Crippen LogP contribution in [-0.4, -0.2) is 0 Å². The van der Waals surface area contributed by atoms with Gasteiger partial charge in [-0.3, -0.25) is 0 Å². The van der Waals surface area contributed by atoms with Gasteiger partial charge in [0.15, 0.2) is 29.1 Å². The van der Waals surface area contributed by atoms with E-state index in [-0.39, 0.29) is 16.5 Å². The highest BCUT2D eigenvalue weighted by molar-refractivity contribution is 6.08. The van der Waals surface area contributed by atoms with E-state index >= 15 is 8.78 Å². The summed E-state index contributed by atoms with van der Waals surface area (Å²) in [5.74, 6) is -12.3. The third-order valence-corrected chi connectivity index (χ3v) is 5.63. The van der Waals surface area contributed by atoms with E-state index in [9.17, 15) is 26.3 Å². The van der Waals surface area contributed by atoms with E-state index in [0.717, 1.165) is 12.1 Å². The highest BCUT2D eigenvalue weighted by Crippen LogP contribution is 2.43. The van der Waals surface area contributed by atoms with Gasteiger partial charge in [-0.25, -0.2) is 35.1 Å². The molecule has 0 N–H and O–H groups in total. The summed E-state index contributed by atoms with van der Waals surface area (Å²) in [4.78, 5) is 0. The normalized spacial score (nSPS) is 11.5. The van der Waals surface area contributed by atoms with Gasteiger partial charge in [0.25, 0.3) is 0 Å². The van der Waals surface area contributed by atoms with Gasteiger partial charge in [0.1, 0.15) is 17.5 Å². The van der Waals surface area contributed by atoms with Crippen molar-refractivity contribution in [2.45, 2.75) is 0 Å². The maximum absolute atomic E-state index is 15.3. The van der Waals surface area contributed by atoms with Gasteiger partial charge in [0, 0.05) is 17.2 Å². The standard InChI is InChI=1S/C26H10F8/c27-12-9-15(22(30)18(29)10-12)13-5-1-2-6-14(13)20-16-8-11-4-3-7-17(28)19(11)23(31)21(16)25(33)26(34)24(20)32/h1-10H. The van der Waals surface area contributed by atoms with Crippen LogP contribution in [0.4, 0.5) is 35.1 Å². The molecule has 0 aliphatic rings. The fraction of sp³-hybridized carbons (Fsp3) is 0. The zero-order chi connectivity index (χ0) is 24.3. The molecule has 5 rings (SSSR count). The Labute approximate surface area is 186 Å². The quantitative estimate of drug-likeness (QED) is 0.104. The van der Waals surface area contributed by atoms with E-state index in [1.54, 1.807) is 0 Å². The Morgan fingerprint density at radius 3 is 1.88 bits per heavy atom. The Bertz CT molecular complexity index is 1640. The van der Waals surface area contributed by atoms with Gasteiger partial charge >= 0.3 is 0 Å². The monoisotopic (exact) mass is 474 g/mol. The predicted octanol–water partition coefficient (Wildman–Crippen LogP) is 8.44. The van der Waals surface area contributed by atoms with Crippen LogP contribution < -0.4 is 0 Å². The largest absolute Gasteiger partial charge is 0.207 e. The second-order valence-corrected chi connectivity index (χ2v) is 7.56. The third kappa shape index (κ3) is 3.13. The van der Waals surface area contributed by atoms with Gasteiger partial charge in [0.2, 0.25) is 0 Å². The van der Waals surface area contributed by atoms with Gasteiger partial charge in [-0.05, 0) is 40.1 Å². The molecule has 8 heteroatoms. The zero-order valence-electron chi connectivity index (χ0n) is 16.8. The molecule has 0 amide bonds. The summed E-state index contributed by atoms with van der Waals surface area (Å²) < 4.78 is 116. The Hall–Kier alpha value is -3.94. The fourth-order valence-corrected chi connectivity index (χ4v) is 4.16. The van der Waals surface area contributed by atoms with Crippen LogP contribution in [0.25, 0.3) is 43.8 Å². The van der Waals surface area contributed by atoms with Crippen LogP contribution in [0.3, 0.4) is 0 Å². The Morgan fingerprint density at radius 1 is 0.441 bits per heavy atom. The summed E-state index contributed by atoms with van der Waals surface area (Å²) in [5.41, 5.74) is -1.84. The summed E-state index contributed by atoms with van der Waals surface area (Å²) in [6.07, 6.45) is 0. The SMILES string of the molecule is Fc1cc(F)c(F)c(-c2ccccc2-c2c(F)c(F)c(F)c3c(F)c4c(F)cccc4cc23)c1. The number of halogens is 8. The third-order valence-electron chi connectivity index (χ3n) is 5.63. The lowest BCUT2D eigenvalue weighted by molar-refractivity contribution is 0.453. The molecule has 0 unspecified atom stereocenters. The molecule has 0 nitrogen and oxygen atoms in total. The molecule has 0 aromatic heterocycles. The highest BCUT2D eigenvalue weighted by atomic mass is 19.2. The van der Waals surface area contributed by atoms with Crippen molar-refractivity contribution in [2.75, 3.05) is 0 Å². The van der Waals surface area contributed by atoms with E-state index in [0.29, 0.717) is 12.1 Å². The van der Waals surface area contributed by atoms with E-state index in [4.69, 9.17) is 0 Å². The zero-order valence-corrected chi connectivity index (χ0v) is 16.8. The van der Waals surface area contributed by atoms with Gasteiger partial charge < -0.3 is 0 Å². The molecular formula is C26H10F8. The molecule has 5 aromatic carbocycles. The predicted molar refractivity (Wildman–Crippen MR) is 112 cm³/mol. The van der Waals surface area contributed by atoms with Crippen LogP contribution in [0.5, 0.6) is 0 Å². The minimum absolute atomic E-state index is 0.0721. The van der Waals surface area contributed by atoms with Crippen LogP contribution >= 0.6 is 0 Å². The summed E-state index contributed by atoms with van der Waals surface area (Å²) in [5, 5.41) is -2.20. The van der Waals surface area contributed by atoms with Crippen molar-refractivity contribution in [3.05, 3.63) is 107 Å². The molecule has 170 valence electrons. The summed E-state index contributed by atoms with van der Waals surface area (Å²) >= 11 is 0. The first kappa shape index (κ1) is 21.9. The van der Waals surface area contributed by atoms with Gasteiger partial charge in [0.05, 0.1) is 10.8 Å². The molecule has 0 saturated carbocycles. The average molecular weight is 474 g/mol. The van der Waals surface area contributed by atoms with Crippen molar-refractivity contribution < 1.29 is 35.1 Å². The first-order valence-electron chi connectivity index (χ1n) is 9.82. The topological polar surface area (TPSA) is 0 Å². The molecule has 0 saturated heterocycles. The molecular weight excluding hydrogens is 464 g/mol. The summed E-state index contributed by atoms with van der Waals surface area (Å²) in [6, 6.07) is 10.6. The Balaban J connectivity index is 1.97. The average Bonchev–Trinajstić information content (AvgIpc) is 2.80. The minimum atomic E-state index is -2.04. The van der Waals surface area contributed by atoms with Gasteiger partial charge in [-0.1, -0.05) is 36.4 Å². The summed E-state index contributed by atoms with van der Waals surface area (Å²) in [7, 11) is 0. The van der Waals surface area contributed by atoms with Crippen molar-refractivity contribution >= 4 is 21.5 Å². The molecule has 34 heavy (non-hydrogen) atoms. The van der Waals surface area contributed by atoms with Crippen molar-refractivity contribution in [1.82, 2.24) is 0 Å². The first-order valence-corrected chi connectivity index (χ1v) is 9.82. The maximum Gasteiger partial charge on any atom is 0.195 e. The second kappa shape index (κ2) is 7.83. The van der Waals surface area contributed by atoms with Crippen LogP contribution in [0, 0.1) is 46.5 Å². The molecule has 0 heterocycles. The van der Waals surface area contributed by atoms with E-state index in [2.05, 4.69) is 0 Å². The summed E-state index contributed by atoms with van der Waals surface area (Å²) in [6.45, 7) is 0. The maximum atomic E-state index is 15.3. The van der Waals surface area contributed by atoms with E-state index < -0.39 is 73.8 Å². The second-order valence-electron chi connectivity index (χ2n) is 7.56. The van der Waals surface area contributed by atoms with E-state index in [1.807, 2.05) is 0 Å². The number of fused-ring (bicyclic) bond motifs is 2. The highest BCUT2D eigenvalue weighted by Gasteiger charge is 2.27. The lowest BCUT2D eigenvalue weighted by Gasteiger charge is -2.17. The number of hydrogen-bond acceptors (Lipinski definition) is 0. The molecule has 5 aromatic rings. The molecule has 0 bridgehead atoms. The first-order chi connectivity index (χ1) is 16.2. The van der Waals surface area contributed by atoms with Crippen molar-refractivity contribution in [2.24, 2.45) is 0 Å². The lowest BCUT2D eigenvalue weighted by atomic mass is 9.89. The molecule has 0 radical (unpaired) electrons. The van der Waals surface area contributed by atoms with Gasteiger partial charge in [-0.15, -0.1) is 0 Å². The number of benzene rings is 5. The van der Waals surface area contributed by atoms with Crippen LogP contribution in [0.1, 0.15) is 0 Å². The van der Waals surface area contributed by atoms with E-state index in [1.165, 1.54) is 36.4 Å². The Kier molecular flexibility index (Phi) is 5.04. The van der Waals surface area contributed by atoms with Gasteiger partial charge in [-0.2, -0.15) is 0 Å². The number of rotatable bonds is 2. The minimum Gasteiger partial charge on any atom is -0.207 e. The van der Waals surface area contributed by atoms with Crippen LogP contribution in [-0.2, 0) is 0 Å². The van der Waals surface area contributed by atoms with Crippen molar-refractivity contribution in [3.8, 4) is 22.3 Å². The van der Waals surface area contributed by atoms with Crippen LogP contribution in [0.15, 0.2) is 60.7 Å². The molecule has 0 aliphatic heterocycles. The number of hydrogen-bond donors (Lipinski definition) is 0. The van der Waals surface area contributed by atoms with Crippen LogP contribution in [0.2, 0.25) is 0 Å². The van der Waals surface area contributed by atoms with Crippen molar-refractivity contribution in [1.29, 1.82) is 0 Å². The molecule has 0 spiro atoms. The molecule has 0 fully saturated rings. The lowest BCUT2D eigenvalue weighted by Crippen LogP contribution is -2.02.